The molecule has 2 rings (SSSR count). The van der Waals surface area contributed by atoms with Gasteiger partial charge in [0.1, 0.15) is 0 Å². The molecule has 7 heteroatoms. The number of piperidine rings is 1. The van der Waals surface area contributed by atoms with E-state index in [4.69, 9.17) is 10.9 Å². The van der Waals surface area contributed by atoms with Crippen LogP contribution in [-0.4, -0.2) is 40.0 Å². The molecule has 1 aromatic carbocycles. The van der Waals surface area contributed by atoms with Gasteiger partial charge in [-0.1, -0.05) is 6.92 Å². The highest BCUT2D eigenvalue weighted by molar-refractivity contribution is 7.89. The molecular weight excluding hydrogens is 288 g/mol. The van der Waals surface area contributed by atoms with E-state index in [1.165, 1.54) is 12.1 Å². The quantitative estimate of drug-likeness (QED) is 0.722. The molecule has 1 heterocycles. The molecule has 0 aromatic heterocycles. The average Bonchev–Trinajstić information content (AvgIpc) is 2.39. The summed E-state index contributed by atoms with van der Waals surface area (Å²) in [6.45, 7) is 5.20. The molecule has 0 saturated carbocycles. The van der Waals surface area contributed by atoms with Crippen molar-refractivity contribution in [3.63, 3.8) is 0 Å². The smallest absolute Gasteiger partial charge is 0.238 e. The van der Waals surface area contributed by atoms with Gasteiger partial charge in [0.05, 0.1) is 4.90 Å². The van der Waals surface area contributed by atoms with Crippen molar-refractivity contribution < 1.29 is 8.42 Å². The fraction of sp³-hybridized carbons (Fsp3) is 0.571. The molecule has 0 unspecified atom stereocenters. The number of rotatable bonds is 4. The monoisotopic (exact) mass is 312 g/mol. The van der Waals surface area contributed by atoms with Crippen molar-refractivity contribution in [1.82, 2.24) is 4.90 Å². The van der Waals surface area contributed by atoms with E-state index in [0.29, 0.717) is 11.4 Å². The number of nitrogens with zero attached hydrogens (tertiary/aromatic N) is 1. The average molecular weight is 312 g/mol. The number of benzene rings is 1. The van der Waals surface area contributed by atoms with Gasteiger partial charge in [0, 0.05) is 17.9 Å². The summed E-state index contributed by atoms with van der Waals surface area (Å²) in [5, 5.41) is 8.46. The fourth-order valence-corrected chi connectivity index (χ4v) is 3.13. The Balaban J connectivity index is 2.08. The first kappa shape index (κ1) is 16.1. The Morgan fingerprint density at radius 2 is 1.90 bits per heavy atom. The van der Waals surface area contributed by atoms with Gasteiger partial charge in [-0.25, -0.2) is 13.6 Å². The number of primary sulfonamides is 1. The summed E-state index contributed by atoms with van der Waals surface area (Å²) in [6, 6.07) is 4.63. The lowest BCUT2D eigenvalue weighted by Gasteiger charge is -2.38. The third kappa shape index (κ3) is 4.33. The number of nitrogens with two attached hydrogens (primary N) is 2. The second-order valence-corrected chi connectivity index (χ2v) is 7.86. The molecule has 1 saturated heterocycles. The first-order chi connectivity index (χ1) is 9.68. The number of nitrogens with one attached hydrogen (secondary N) is 1. The van der Waals surface area contributed by atoms with E-state index in [2.05, 4.69) is 24.2 Å². The predicted octanol–water partition coefficient (Wildman–Crippen LogP) is 1.06. The van der Waals surface area contributed by atoms with E-state index < -0.39 is 10.0 Å². The summed E-state index contributed by atoms with van der Waals surface area (Å²) in [6.07, 6.45) is 2.22. The maximum atomic E-state index is 11.4. The Morgan fingerprint density at radius 3 is 2.48 bits per heavy atom. The van der Waals surface area contributed by atoms with Crippen molar-refractivity contribution in [3.8, 4) is 0 Å². The lowest BCUT2D eigenvalue weighted by atomic mass is 9.80. The van der Waals surface area contributed by atoms with Crippen LogP contribution in [0.5, 0.6) is 0 Å². The Bertz CT molecular complexity index is 607. The first-order valence-corrected chi connectivity index (χ1v) is 8.58. The van der Waals surface area contributed by atoms with E-state index in [-0.39, 0.29) is 10.3 Å². The van der Waals surface area contributed by atoms with Crippen molar-refractivity contribution in [3.05, 3.63) is 18.2 Å². The minimum atomic E-state index is -3.74. The molecule has 0 amide bonds. The lowest BCUT2D eigenvalue weighted by molar-refractivity contribution is 0.150. The van der Waals surface area contributed by atoms with Crippen LogP contribution >= 0.6 is 0 Å². The van der Waals surface area contributed by atoms with Crippen LogP contribution in [0.25, 0.3) is 0 Å². The number of anilines is 2. The third-order valence-electron chi connectivity index (χ3n) is 4.17. The number of hydrogen-bond acceptors (Lipinski definition) is 5. The van der Waals surface area contributed by atoms with Crippen molar-refractivity contribution >= 4 is 21.4 Å². The normalized spacial score (nSPS) is 19.4. The van der Waals surface area contributed by atoms with E-state index in [1.807, 2.05) is 0 Å². The van der Waals surface area contributed by atoms with Crippen LogP contribution in [0.15, 0.2) is 23.1 Å². The minimum Gasteiger partial charge on any atom is -0.399 e. The molecule has 0 spiro atoms. The fourth-order valence-electron chi connectivity index (χ4n) is 2.54. The molecule has 0 atom stereocenters. The van der Waals surface area contributed by atoms with Crippen molar-refractivity contribution in [2.45, 2.75) is 24.7 Å². The van der Waals surface area contributed by atoms with Crippen LogP contribution in [0, 0.1) is 5.41 Å². The van der Waals surface area contributed by atoms with Crippen molar-refractivity contribution in [2.24, 2.45) is 10.6 Å². The zero-order chi connectivity index (χ0) is 15.7. The molecule has 21 heavy (non-hydrogen) atoms. The maximum Gasteiger partial charge on any atom is 0.238 e. The van der Waals surface area contributed by atoms with E-state index in [1.54, 1.807) is 6.07 Å². The third-order valence-corrected chi connectivity index (χ3v) is 5.06. The number of sulfonamides is 1. The predicted molar refractivity (Wildman–Crippen MR) is 85.6 cm³/mol. The SMILES string of the molecule is CN1CCC(C)(CNc2cc(N)cc(S(N)(=O)=O)c2)CC1. The second-order valence-electron chi connectivity index (χ2n) is 6.30. The Hall–Kier alpha value is -1.31. The highest BCUT2D eigenvalue weighted by Crippen LogP contribution is 2.31. The van der Waals surface area contributed by atoms with Gasteiger partial charge in [-0.3, -0.25) is 0 Å². The lowest BCUT2D eigenvalue weighted by Crippen LogP contribution is -2.40. The summed E-state index contributed by atoms with van der Waals surface area (Å²) >= 11 is 0. The zero-order valence-corrected chi connectivity index (χ0v) is 13.4. The van der Waals surface area contributed by atoms with Gasteiger partial charge in [0.2, 0.25) is 10.0 Å². The molecule has 5 N–H and O–H groups in total. The van der Waals surface area contributed by atoms with Gasteiger partial charge in [-0.2, -0.15) is 0 Å². The van der Waals surface area contributed by atoms with Gasteiger partial charge >= 0.3 is 0 Å². The van der Waals surface area contributed by atoms with E-state index in [9.17, 15) is 8.42 Å². The standard InChI is InChI=1S/C14H24N4O2S/c1-14(3-5-18(2)6-4-14)10-17-12-7-11(15)8-13(9-12)21(16,19)20/h7-9,17H,3-6,10,15H2,1-2H3,(H2,16,19,20). The molecule has 6 nitrogen and oxygen atoms in total. The zero-order valence-electron chi connectivity index (χ0n) is 12.6. The van der Waals surface area contributed by atoms with Crippen molar-refractivity contribution in [2.75, 3.05) is 37.7 Å². The van der Waals surface area contributed by atoms with Crippen LogP contribution in [0.4, 0.5) is 11.4 Å². The topological polar surface area (TPSA) is 101 Å². The summed E-state index contributed by atoms with van der Waals surface area (Å²) in [5.74, 6) is 0. The van der Waals surface area contributed by atoms with Gasteiger partial charge in [0.15, 0.2) is 0 Å². The summed E-state index contributed by atoms with van der Waals surface area (Å²) in [5.41, 5.74) is 7.04. The number of hydrogen-bond donors (Lipinski definition) is 3. The second kappa shape index (κ2) is 5.82. The largest absolute Gasteiger partial charge is 0.399 e. The molecular formula is C14H24N4O2S. The summed E-state index contributed by atoms with van der Waals surface area (Å²) in [7, 11) is -1.61. The highest BCUT2D eigenvalue weighted by atomic mass is 32.2. The molecule has 1 aliphatic rings. The van der Waals surface area contributed by atoms with E-state index >= 15 is 0 Å². The van der Waals surface area contributed by atoms with Gasteiger partial charge in [-0.15, -0.1) is 0 Å². The molecule has 0 bridgehead atoms. The number of likely N-dealkylation sites (tertiary alicyclic amines) is 1. The molecule has 118 valence electrons. The Morgan fingerprint density at radius 1 is 1.29 bits per heavy atom. The Labute approximate surface area is 126 Å². The van der Waals surface area contributed by atoms with Crippen LogP contribution in [-0.2, 0) is 10.0 Å². The maximum absolute atomic E-state index is 11.4. The molecule has 0 radical (unpaired) electrons. The number of nitrogen functional groups attached to an aromatic ring is 1. The van der Waals surface area contributed by atoms with Gasteiger partial charge < -0.3 is 16.0 Å². The van der Waals surface area contributed by atoms with Gasteiger partial charge in [0.25, 0.3) is 0 Å². The van der Waals surface area contributed by atoms with Crippen LogP contribution in [0.2, 0.25) is 0 Å². The molecule has 1 aromatic rings. The van der Waals surface area contributed by atoms with Crippen LogP contribution in [0.3, 0.4) is 0 Å². The first-order valence-electron chi connectivity index (χ1n) is 7.04. The minimum absolute atomic E-state index is 0.0403. The van der Waals surface area contributed by atoms with Gasteiger partial charge in [-0.05, 0) is 56.6 Å². The van der Waals surface area contributed by atoms with Crippen LogP contribution < -0.4 is 16.2 Å². The summed E-state index contributed by atoms with van der Waals surface area (Å²) in [4.78, 5) is 2.36. The molecule has 0 aliphatic carbocycles. The molecule has 1 aliphatic heterocycles. The van der Waals surface area contributed by atoms with Crippen LogP contribution in [0.1, 0.15) is 19.8 Å². The Kier molecular flexibility index (Phi) is 4.46. The summed E-state index contributed by atoms with van der Waals surface area (Å²) < 4.78 is 22.9. The van der Waals surface area contributed by atoms with Crippen molar-refractivity contribution in [1.29, 1.82) is 0 Å². The highest BCUT2D eigenvalue weighted by Gasteiger charge is 2.28. The van der Waals surface area contributed by atoms with E-state index in [0.717, 1.165) is 32.5 Å². The molecule has 1 fully saturated rings.